The molecule has 0 saturated heterocycles. The van der Waals surface area contributed by atoms with Crippen molar-refractivity contribution in [2.24, 2.45) is 0 Å². The molecule has 0 fully saturated rings. The maximum Gasteiger partial charge on any atom is 0.263 e. The molecule has 1 atom stereocenters. The number of rotatable bonds is 9. The lowest BCUT2D eigenvalue weighted by Gasteiger charge is -2.14. The maximum absolute atomic E-state index is 13.0. The number of aromatic nitrogens is 1. The Morgan fingerprint density at radius 2 is 1.77 bits per heavy atom. The summed E-state index contributed by atoms with van der Waals surface area (Å²) in [5.41, 5.74) is 1.68. The first-order valence-corrected chi connectivity index (χ1v) is 12.5. The van der Waals surface area contributed by atoms with Crippen molar-refractivity contribution in [1.82, 2.24) is 10.3 Å². The van der Waals surface area contributed by atoms with Crippen molar-refractivity contribution < 1.29 is 22.7 Å². The summed E-state index contributed by atoms with van der Waals surface area (Å²) in [4.78, 5) is 27.8. The monoisotopic (exact) mass is 496 g/mol. The van der Waals surface area contributed by atoms with Crippen molar-refractivity contribution in [2.45, 2.75) is 45.1 Å². The lowest BCUT2D eigenvalue weighted by molar-refractivity contribution is -0.114. The Kier molecular flexibility index (Phi) is 8.08. The van der Waals surface area contributed by atoms with Crippen molar-refractivity contribution in [3.63, 3.8) is 0 Å². The lowest BCUT2D eigenvalue weighted by atomic mass is 10.2. The summed E-state index contributed by atoms with van der Waals surface area (Å²) in [6, 6.07) is 14.3. The van der Waals surface area contributed by atoms with Crippen molar-refractivity contribution >= 4 is 33.2 Å². The van der Waals surface area contributed by atoms with Crippen LogP contribution in [0.5, 0.6) is 11.6 Å². The van der Waals surface area contributed by atoms with Gasteiger partial charge in [-0.3, -0.25) is 14.3 Å². The number of nitrogens with one attached hydrogen (secondary N) is 3. The summed E-state index contributed by atoms with van der Waals surface area (Å²) >= 11 is 0. The van der Waals surface area contributed by atoms with Gasteiger partial charge in [-0.15, -0.1) is 0 Å². The third-order valence-corrected chi connectivity index (χ3v) is 6.48. The Morgan fingerprint density at radius 3 is 2.37 bits per heavy atom. The second-order valence-electron chi connectivity index (χ2n) is 8.08. The number of anilines is 2. The van der Waals surface area contributed by atoms with Crippen LogP contribution in [0.2, 0.25) is 0 Å². The Labute approximate surface area is 205 Å². The lowest BCUT2D eigenvalue weighted by Crippen LogP contribution is -2.31. The van der Waals surface area contributed by atoms with Crippen LogP contribution in [0.3, 0.4) is 0 Å². The molecule has 35 heavy (non-hydrogen) atoms. The molecule has 3 N–H and O–H groups in total. The van der Waals surface area contributed by atoms with Crippen molar-refractivity contribution in [3.8, 4) is 11.6 Å². The number of benzene rings is 2. The highest BCUT2D eigenvalue weighted by molar-refractivity contribution is 7.92. The van der Waals surface area contributed by atoms with Gasteiger partial charge in [-0.25, -0.2) is 13.4 Å². The zero-order valence-electron chi connectivity index (χ0n) is 20.0. The number of aryl methyl sites for hydroxylation is 1. The first-order valence-electron chi connectivity index (χ1n) is 11.0. The predicted octanol–water partition coefficient (Wildman–Crippen LogP) is 4.47. The molecule has 184 valence electrons. The minimum Gasteiger partial charge on any atom is -0.439 e. The third-order valence-electron chi connectivity index (χ3n) is 5.05. The van der Waals surface area contributed by atoms with Gasteiger partial charge in [0.2, 0.25) is 11.8 Å². The fourth-order valence-corrected chi connectivity index (χ4v) is 4.36. The molecule has 3 rings (SSSR count). The fraction of sp³-hybridized carbons (Fsp3) is 0.240. The summed E-state index contributed by atoms with van der Waals surface area (Å²) in [6.45, 7) is 6.99. The van der Waals surface area contributed by atoms with Gasteiger partial charge in [0.15, 0.2) is 0 Å². The van der Waals surface area contributed by atoms with Gasteiger partial charge in [-0.1, -0.05) is 13.0 Å². The molecule has 3 aromatic rings. The standard InChI is InChI=1S/C25H28N4O5S/c1-5-17(3)27-25(31)19-7-13-24(26-15-19)34-21-10-8-20(9-11-21)29-35(32,33)23-14-16(2)6-12-22(23)28-18(4)30/h6-15,17,29H,5H2,1-4H3,(H,27,31)(H,28,30)/t17-/m0/s1. The zero-order valence-corrected chi connectivity index (χ0v) is 20.8. The number of sulfonamides is 1. The molecule has 9 nitrogen and oxygen atoms in total. The molecular weight excluding hydrogens is 468 g/mol. The van der Waals surface area contributed by atoms with Crippen LogP contribution in [0, 0.1) is 6.92 Å². The molecule has 0 aliphatic carbocycles. The molecule has 1 heterocycles. The Bertz CT molecular complexity index is 1310. The summed E-state index contributed by atoms with van der Waals surface area (Å²) in [5.74, 6) is 0.153. The number of carbonyl (C=O) groups excluding carboxylic acids is 2. The van der Waals surface area contributed by atoms with Crippen LogP contribution in [-0.4, -0.2) is 31.3 Å². The van der Waals surface area contributed by atoms with Crippen LogP contribution in [-0.2, 0) is 14.8 Å². The van der Waals surface area contributed by atoms with E-state index in [0.717, 1.165) is 12.0 Å². The van der Waals surface area contributed by atoms with Crippen LogP contribution < -0.4 is 20.1 Å². The normalized spacial score (nSPS) is 11.9. The van der Waals surface area contributed by atoms with Gasteiger partial charge < -0.3 is 15.4 Å². The SMILES string of the molecule is CC[C@H](C)NC(=O)c1ccc(Oc2ccc(NS(=O)(=O)c3cc(C)ccc3NC(C)=O)cc2)nc1. The Hall–Kier alpha value is -3.92. The van der Waals surface area contributed by atoms with Gasteiger partial charge in [0.1, 0.15) is 10.6 Å². The van der Waals surface area contributed by atoms with Gasteiger partial charge >= 0.3 is 0 Å². The number of hydrogen-bond acceptors (Lipinski definition) is 6. The second kappa shape index (κ2) is 11.0. The van der Waals surface area contributed by atoms with Crippen LogP contribution in [0.4, 0.5) is 11.4 Å². The van der Waals surface area contributed by atoms with Gasteiger partial charge in [-0.2, -0.15) is 0 Å². The molecular formula is C25H28N4O5S. The molecule has 10 heteroatoms. The molecule has 1 aromatic heterocycles. The van der Waals surface area contributed by atoms with Crippen LogP contribution in [0.25, 0.3) is 0 Å². The molecule has 0 aliphatic heterocycles. The highest BCUT2D eigenvalue weighted by Gasteiger charge is 2.20. The summed E-state index contributed by atoms with van der Waals surface area (Å²) in [5, 5.41) is 5.41. The molecule has 2 aromatic carbocycles. The van der Waals surface area contributed by atoms with Crippen molar-refractivity contribution in [1.29, 1.82) is 0 Å². The summed E-state index contributed by atoms with van der Waals surface area (Å²) in [7, 11) is -3.96. The molecule has 0 bridgehead atoms. The number of amides is 2. The number of ether oxygens (including phenoxy) is 1. The largest absolute Gasteiger partial charge is 0.439 e. The highest BCUT2D eigenvalue weighted by Crippen LogP contribution is 2.27. The van der Waals surface area contributed by atoms with Crippen LogP contribution in [0.1, 0.15) is 43.1 Å². The van der Waals surface area contributed by atoms with Crippen LogP contribution >= 0.6 is 0 Å². The minimum atomic E-state index is -3.96. The number of hydrogen-bond donors (Lipinski definition) is 3. The molecule has 0 unspecified atom stereocenters. The van der Waals surface area contributed by atoms with E-state index in [1.165, 1.54) is 19.2 Å². The topological polar surface area (TPSA) is 126 Å². The van der Waals surface area contributed by atoms with E-state index in [2.05, 4.69) is 20.3 Å². The van der Waals surface area contributed by atoms with Crippen LogP contribution in [0.15, 0.2) is 65.7 Å². The summed E-state index contributed by atoms with van der Waals surface area (Å²) in [6.07, 6.45) is 2.26. The van der Waals surface area contributed by atoms with Gasteiger partial charge in [0.05, 0.1) is 11.3 Å². The van der Waals surface area contributed by atoms with E-state index in [1.807, 2.05) is 13.8 Å². The maximum atomic E-state index is 13.0. The van der Waals surface area contributed by atoms with E-state index < -0.39 is 10.0 Å². The van der Waals surface area contributed by atoms with E-state index in [9.17, 15) is 18.0 Å². The average Bonchev–Trinajstić information content (AvgIpc) is 2.81. The smallest absolute Gasteiger partial charge is 0.263 e. The fourth-order valence-electron chi connectivity index (χ4n) is 3.05. The Morgan fingerprint density at radius 1 is 1.06 bits per heavy atom. The average molecular weight is 497 g/mol. The minimum absolute atomic E-state index is 0.0327. The number of nitrogens with zero attached hydrogens (tertiary/aromatic N) is 1. The molecule has 0 spiro atoms. The Balaban J connectivity index is 1.69. The quantitative estimate of drug-likeness (QED) is 0.401. The third kappa shape index (κ3) is 7.03. The van der Waals surface area contributed by atoms with Gasteiger partial charge in [-0.05, 0) is 68.3 Å². The van der Waals surface area contributed by atoms with Crippen molar-refractivity contribution in [2.75, 3.05) is 10.0 Å². The van der Waals surface area contributed by atoms with Crippen molar-refractivity contribution in [3.05, 3.63) is 71.9 Å². The van der Waals surface area contributed by atoms with Gasteiger partial charge in [0, 0.05) is 30.9 Å². The van der Waals surface area contributed by atoms with E-state index in [4.69, 9.17) is 4.74 Å². The zero-order chi connectivity index (χ0) is 25.6. The first-order chi connectivity index (χ1) is 16.6. The summed E-state index contributed by atoms with van der Waals surface area (Å²) < 4.78 is 34.1. The molecule has 0 saturated carbocycles. The number of pyridine rings is 1. The molecule has 2 amide bonds. The van der Waals surface area contributed by atoms with E-state index in [0.29, 0.717) is 17.0 Å². The van der Waals surface area contributed by atoms with Gasteiger partial charge in [0.25, 0.3) is 15.9 Å². The van der Waals surface area contributed by atoms with E-state index >= 15 is 0 Å². The second-order valence-corrected chi connectivity index (χ2v) is 9.73. The number of carbonyl (C=O) groups is 2. The van der Waals surface area contributed by atoms with E-state index in [-0.39, 0.29) is 34.3 Å². The highest BCUT2D eigenvalue weighted by atomic mass is 32.2. The predicted molar refractivity (Wildman–Crippen MR) is 134 cm³/mol. The molecule has 0 aliphatic rings. The molecule has 0 radical (unpaired) electrons. The first kappa shape index (κ1) is 25.7. The van der Waals surface area contributed by atoms with E-state index in [1.54, 1.807) is 55.5 Å².